The van der Waals surface area contributed by atoms with Crippen molar-refractivity contribution >= 4 is 21.6 Å². The quantitative estimate of drug-likeness (QED) is 0.712. The predicted molar refractivity (Wildman–Crippen MR) is 95.4 cm³/mol. The highest BCUT2D eigenvalue weighted by Gasteiger charge is 2.15. The number of rotatable bonds is 6. The van der Waals surface area contributed by atoms with E-state index in [9.17, 15) is 8.42 Å². The molecular weight excluding hydrogens is 362 g/mol. The standard InChI is InChI=1S/C17H16ClN3O3S/c1-12-5-4-6-13(9-12)11-25(22,23)19-10-16-20-21-17(24-16)14-7-2-3-8-15(14)18/h2-9,19H,10-11H2,1H3. The van der Waals surface area contributed by atoms with Gasteiger partial charge in [0.1, 0.15) is 0 Å². The van der Waals surface area contributed by atoms with Crippen LogP contribution in [0.2, 0.25) is 5.02 Å². The zero-order chi connectivity index (χ0) is 17.9. The van der Waals surface area contributed by atoms with E-state index in [1.807, 2.05) is 25.1 Å². The van der Waals surface area contributed by atoms with Crippen LogP contribution in [0.15, 0.2) is 52.9 Å². The summed E-state index contributed by atoms with van der Waals surface area (Å²) in [7, 11) is -3.52. The molecule has 8 heteroatoms. The highest BCUT2D eigenvalue weighted by Crippen LogP contribution is 2.26. The minimum atomic E-state index is -3.52. The van der Waals surface area contributed by atoms with Gasteiger partial charge in [-0.25, -0.2) is 13.1 Å². The summed E-state index contributed by atoms with van der Waals surface area (Å²) in [5.41, 5.74) is 2.33. The molecule has 0 aliphatic carbocycles. The molecule has 1 aromatic heterocycles. The van der Waals surface area contributed by atoms with Gasteiger partial charge in [-0.1, -0.05) is 53.6 Å². The highest BCUT2D eigenvalue weighted by atomic mass is 35.5. The third-order valence-corrected chi connectivity index (χ3v) is 5.08. The maximum Gasteiger partial charge on any atom is 0.249 e. The molecule has 1 N–H and O–H groups in total. The van der Waals surface area contributed by atoms with Crippen molar-refractivity contribution in [3.05, 3.63) is 70.6 Å². The summed E-state index contributed by atoms with van der Waals surface area (Å²) in [6.45, 7) is 1.84. The second kappa shape index (κ2) is 7.35. The molecule has 1 heterocycles. The summed E-state index contributed by atoms with van der Waals surface area (Å²) in [4.78, 5) is 0. The van der Waals surface area contributed by atoms with Crippen LogP contribution < -0.4 is 4.72 Å². The topological polar surface area (TPSA) is 85.1 Å². The fraction of sp³-hybridized carbons (Fsp3) is 0.176. The highest BCUT2D eigenvalue weighted by molar-refractivity contribution is 7.88. The fourth-order valence-electron chi connectivity index (χ4n) is 2.31. The first kappa shape index (κ1) is 17.6. The van der Waals surface area contributed by atoms with Gasteiger partial charge in [-0.05, 0) is 24.6 Å². The lowest BCUT2D eigenvalue weighted by atomic mass is 10.2. The Kier molecular flexibility index (Phi) is 5.17. The lowest BCUT2D eigenvalue weighted by Crippen LogP contribution is -2.24. The van der Waals surface area contributed by atoms with Crippen molar-refractivity contribution in [2.75, 3.05) is 0 Å². The van der Waals surface area contributed by atoms with E-state index in [1.54, 1.807) is 30.3 Å². The van der Waals surface area contributed by atoms with Crippen molar-refractivity contribution in [1.29, 1.82) is 0 Å². The predicted octanol–water partition coefficient (Wildman–Crippen LogP) is 3.32. The van der Waals surface area contributed by atoms with Gasteiger partial charge in [-0.15, -0.1) is 10.2 Å². The Labute approximate surface area is 150 Å². The molecule has 0 aliphatic rings. The van der Waals surface area contributed by atoms with Gasteiger partial charge in [0, 0.05) is 0 Å². The van der Waals surface area contributed by atoms with Crippen LogP contribution in [-0.4, -0.2) is 18.6 Å². The van der Waals surface area contributed by atoms with Gasteiger partial charge >= 0.3 is 0 Å². The summed E-state index contributed by atoms with van der Waals surface area (Å²) in [5.74, 6) is 0.307. The van der Waals surface area contributed by atoms with Gasteiger partial charge in [0.05, 0.1) is 22.9 Å². The molecule has 0 unspecified atom stereocenters. The van der Waals surface area contributed by atoms with Crippen LogP contribution in [-0.2, 0) is 22.3 Å². The van der Waals surface area contributed by atoms with E-state index < -0.39 is 10.0 Å². The Morgan fingerprint density at radius 3 is 2.68 bits per heavy atom. The molecule has 130 valence electrons. The van der Waals surface area contributed by atoms with Gasteiger partial charge < -0.3 is 4.42 Å². The van der Waals surface area contributed by atoms with Gasteiger partial charge in [-0.3, -0.25) is 0 Å². The summed E-state index contributed by atoms with van der Waals surface area (Å²) >= 11 is 6.08. The van der Waals surface area contributed by atoms with Crippen molar-refractivity contribution in [2.45, 2.75) is 19.2 Å². The van der Waals surface area contributed by atoms with Crippen molar-refractivity contribution in [1.82, 2.24) is 14.9 Å². The third kappa shape index (κ3) is 4.66. The van der Waals surface area contributed by atoms with E-state index in [-0.39, 0.29) is 24.1 Å². The molecule has 3 rings (SSSR count). The molecule has 0 aliphatic heterocycles. The minimum absolute atomic E-state index is 0.0778. The number of halogens is 1. The molecule has 2 aromatic carbocycles. The van der Waals surface area contributed by atoms with E-state index in [0.29, 0.717) is 10.6 Å². The van der Waals surface area contributed by atoms with Crippen molar-refractivity contribution < 1.29 is 12.8 Å². The van der Waals surface area contributed by atoms with E-state index >= 15 is 0 Å². The monoisotopic (exact) mass is 377 g/mol. The molecule has 0 fully saturated rings. The maximum atomic E-state index is 12.2. The van der Waals surface area contributed by atoms with E-state index in [2.05, 4.69) is 14.9 Å². The zero-order valence-corrected chi connectivity index (χ0v) is 15.0. The van der Waals surface area contributed by atoms with Crippen LogP contribution in [0.25, 0.3) is 11.5 Å². The molecule has 3 aromatic rings. The smallest absolute Gasteiger partial charge is 0.249 e. The number of nitrogens with zero attached hydrogens (tertiary/aromatic N) is 2. The van der Waals surface area contributed by atoms with Crippen LogP contribution in [0, 0.1) is 6.92 Å². The molecule has 0 atom stereocenters. The summed E-state index contributed by atoms with van der Waals surface area (Å²) in [6.07, 6.45) is 0. The Bertz CT molecular complexity index is 986. The molecular formula is C17H16ClN3O3S. The number of benzene rings is 2. The second-order valence-corrected chi connectivity index (χ2v) is 7.76. The van der Waals surface area contributed by atoms with Crippen molar-refractivity contribution in [3.63, 3.8) is 0 Å². The SMILES string of the molecule is Cc1cccc(CS(=O)(=O)NCc2nnc(-c3ccccc3Cl)o2)c1. The summed E-state index contributed by atoms with van der Waals surface area (Å²) < 4.78 is 32.3. The van der Waals surface area contributed by atoms with E-state index in [1.165, 1.54) is 0 Å². The summed E-state index contributed by atoms with van der Waals surface area (Å²) in [5, 5.41) is 8.25. The normalized spacial score (nSPS) is 11.6. The number of sulfonamides is 1. The Balaban J connectivity index is 1.66. The van der Waals surface area contributed by atoms with E-state index in [0.717, 1.165) is 11.1 Å². The van der Waals surface area contributed by atoms with Gasteiger partial charge in [0.2, 0.25) is 21.8 Å². The van der Waals surface area contributed by atoms with Crippen LogP contribution >= 0.6 is 11.6 Å². The third-order valence-electron chi connectivity index (χ3n) is 3.45. The molecule has 0 radical (unpaired) electrons. The molecule has 25 heavy (non-hydrogen) atoms. The number of nitrogens with one attached hydrogen (secondary N) is 1. The average Bonchev–Trinajstić information content (AvgIpc) is 3.02. The van der Waals surface area contributed by atoms with Crippen LogP contribution in [0.3, 0.4) is 0 Å². The zero-order valence-electron chi connectivity index (χ0n) is 13.4. The molecule has 0 bridgehead atoms. The Hall–Kier alpha value is -2.22. The van der Waals surface area contributed by atoms with Crippen LogP contribution in [0.1, 0.15) is 17.0 Å². The number of aryl methyl sites for hydroxylation is 1. The number of hydrogen-bond acceptors (Lipinski definition) is 5. The second-order valence-electron chi connectivity index (χ2n) is 5.55. The lowest BCUT2D eigenvalue weighted by molar-refractivity contribution is 0.494. The minimum Gasteiger partial charge on any atom is -0.419 e. The molecule has 0 amide bonds. The van der Waals surface area contributed by atoms with E-state index in [4.69, 9.17) is 16.0 Å². The fourth-order valence-corrected chi connectivity index (χ4v) is 3.59. The van der Waals surface area contributed by atoms with Crippen LogP contribution in [0.4, 0.5) is 0 Å². The Morgan fingerprint density at radius 2 is 1.92 bits per heavy atom. The first-order valence-electron chi connectivity index (χ1n) is 7.53. The molecule has 0 saturated heterocycles. The maximum absolute atomic E-state index is 12.2. The lowest BCUT2D eigenvalue weighted by Gasteiger charge is -2.05. The van der Waals surface area contributed by atoms with Gasteiger partial charge in [-0.2, -0.15) is 0 Å². The first-order chi connectivity index (χ1) is 11.9. The number of hydrogen-bond donors (Lipinski definition) is 1. The summed E-state index contributed by atoms with van der Waals surface area (Å²) in [6, 6.07) is 14.4. The average molecular weight is 378 g/mol. The van der Waals surface area contributed by atoms with Crippen molar-refractivity contribution in [3.8, 4) is 11.5 Å². The first-order valence-corrected chi connectivity index (χ1v) is 9.56. The Morgan fingerprint density at radius 1 is 1.12 bits per heavy atom. The van der Waals surface area contributed by atoms with Crippen molar-refractivity contribution in [2.24, 2.45) is 0 Å². The molecule has 0 saturated carbocycles. The largest absolute Gasteiger partial charge is 0.419 e. The van der Waals surface area contributed by atoms with Gasteiger partial charge in [0.15, 0.2) is 0 Å². The molecule has 6 nitrogen and oxygen atoms in total. The van der Waals surface area contributed by atoms with Gasteiger partial charge in [0.25, 0.3) is 0 Å². The number of aromatic nitrogens is 2. The molecule has 0 spiro atoms. The van der Waals surface area contributed by atoms with Crippen LogP contribution in [0.5, 0.6) is 0 Å².